The number of carbonyl (C=O) groups excluding carboxylic acids is 2. The molecular formula is C7H11BrO6. The Morgan fingerprint density at radius 1 is 1.43 bits per heavy atom. The average Bonchev–Trinajstić information content (AvgIpc) is 2.13. The predicted molar refractivity (Wildman–Crippen MR) is 48.7 cm³/mol. The lowest BCUT2D eigenvalue weighted by molar-refractivity contribution is -0.167. The van der Waals surface area contributed by atoms with E-state index in [1.807, 2.05) is 0 Å². The molecule has 0 aliphatic rings. The average molecular weight is 271 g/mol. The van der Waals surface area contributed by atoms with Crippen LogP contribution in [0.15, 0.2) is 0 Å². The lowest BCUT2D eigenvalue weighted by Crippen LogP contribution is -2.58. The Hall–Kier alpha value is -0.340. The van der Waals surface area contributed by atoms with E-state index in [0.29, 0.717) is 0 Å². The van der Waals surface area contributed by atoms with Gasteiger partial charge in [0.25, 0.3) is 0 Å². The smallest absolute Gasteiger partial charge is 0.239 e. The first-order valence-corrected chi connectivity index (χ1v) is 4.48. The molecular weight excluding hydrogens is 260 g/mol. The quantitative estimate of drug-likeness (QED) is 0.338. The molecule has 82 valence electrons. The Bertz CT molecular complexity index is 226. The van der Waals surface area contributed by atoms with Crippen molar-refractivity contribution in [2.45, 2.75) is 24.7 Å². The van der Waals surface area contributed by atoms with Gasteiger partial charge in [-0.05, 0) is 22.9 Å². The standard InChI is InChI=1S/C7H11BrO6/c1-3(10)7(14,6(8)13)5(12)4(11)2-9/h4-5,9,11-12,14H,2H2,1H3/t4-,5+,7-/m1/s1. The number of rotatable bonds is 5. The number of aliphatic hydroxyl groups is 4. The Morgan fingerprint density at radius 2 is 1.86 bits per heavy atom. The third kappa shape index (κ3) is 2.37. The monoisotopic (exact) mass is 270 g/mol. The number of ketones is 1. The molecule has 4 N–H and O–H groups in total. The van der Waals surface area contributed by atoms with Crippen LogP contribution in [0.4, 0.5) is 0 Å². The maximum atomic E-state index is 10.9. The Morgan fingerprint density at radius 3 is 2.07 bits per heavy atom. The lowest BCUT2D eigenvalue weighted by Gasteiger charge is -2.29. The summed E-state index contributed by atoms with van der Waals surface area (Å²) in [5.41, 5.74) is -2.73. The first-order chi connectivity index (χ1) is 6.28. The van der Waals surface area contributed by atoms with Crippen LogP contribution in [-0.4, -0.2) is 55.3 Å². The molecule has 0 unspecified atom stereocenters. The first kappa shape index (κ1) is 13.7. The van der Waals surface area contributed by atoms with Crippen LogP contribution in [0.25, 0.3) is 0 Å². The van der Waals surface area contributed by atoms with Gasteiger partial charge in [0.05, 0.1) is 6.61 Å². The van der Waals surface area contributed by atoms with Crippen LogP contribution >= 0.6 is 15.9 Å². The molecule has 0 aromatic heterocycles. The summed E-state index contributed by atoms with van der Waals surface area (Å²) in [6.07, 6.45) is -3.85. The van der Waals surface area contributed by atoms with Crippen LogP contribution in [0.1, 0.15) is 6.92 Å². The van der Waals surface area contributed by atoms with E-state index in [1.165, 1.54) is 0 Å². The number of halogens is 1. The van der Waals surface area contributed by atoms with Crippen LogP contribution in [0.2, 0.25) is 0 Å². The largest absolute Gasteiger partial charge is 0.394 e. The molecule has 0 fully saturated rings. The summed E-state index contributed by atoms with van der Waals surface area (Å²) in [5.74, 6) is -1.03. The number of hydrogen-bond acceptors (Lipinski definition) is 6. The fourth-order valence-electron chi connectivity index (χ4n) is 0.841. The summed E-state index contributed by atoms with van der Waals surface area (Å²) in [4.78, 5) is 21.8. The molecule has 0 amide bonds. The number of carbonyl (C=O) groups is 2. The zero-order valence-corrected chi connectivity index (χ0v) is 8.93. The second kappa shape index (κ2) is 4.94. The molecule has 7 heteroatoms. The molecule has 0 saturated carbocycles. The van der Waals surface area contributed by atoms with Crippen molar-refractivity contribution < 1.29 is 30.0 Å². The van der Waals surface area contributed by atoms with Gasteiger partial charge >= 0.3 is 0 Å². The predicted octanol–water partition coefficient (Wildman–Crippen LogP) is -2.06. The van der Waals surface area contributed by atoms with Crippen molar-refractivity contribution in [1.82, 2.24) is 0 Å². The Balaban J connectivity index is 5.02. The number of hydrogen-bond donors (Lipinski definition) is 4. The first-order valence-electron chi connectivity index (χ1n) is 3.68. The molecule has 0 aromatic rings. The maximum absolute atomic E-state index is 10.9. The molecule has 0 radical (unpaired) electrons. The molecule has 0 aliphatic carbocycles. The minimum Gasteiger partial charge on any atom is -0.394 e. The van der Waals surface area contributed by atoms with Gasteiger partial charge in [-0.25, -0.2) is 0 Å². The van der Waals surface area contributed by atoms with Crippen LogP contribution in [0, 0.1) is 0 Å². The van der Waals surface area contributed by atoms with E-state index in [2.05, 4.69) is 15.9 Å². The Labute approximate surface area is 88.3 Å². The summed E-state index contributed by atoms with van der Waals surface area (Å²) in [6.45, 7) is 0.00348. The normalized spacial score (nSPS) is 19.6. The van der Waals surface area contributed by atoms with Gasteiger partial charge in [-0.1, -0.05) is 0 Å². The fourth-order valence-corrected chi connectivity index (χ4v) is 1.35. The van der Waals surface area contributed by atoms with Crippen LogP contribution in [0.5, 0.6) is 0 Å². The van der Waals surface area contributed by atoms with E-state index in [0.717, 1.165) is 6.92 Å². The van der Waals surface area contributed by atoms with Crippen LogP contribution < -0.4 is 0 Å². The number of aliphatic hydroxyl groups excluding tert-OH is 3. The van der Waals surface area contributed by atoms with Gasteiger partial charge in [0.1, 0.15) is 12.2 Å². The van der Waals surface area contributed by atoms with Gasteiger partial charge in [0, 0.05) is 0 Å². The van der Waals surface area contributed by atoms with Gasteiger partial charge in [-0.2, -0.15) is 0 Å². The van der Waals surface area contributed by atoms with E-state index in [9.17, 15) is 19.8 Å². The Kier molecular flexibility index (Phi) is 4.82. The van der Waals surface area contributed by atoms with E-state index in [1.54, 1.807) is 0 Å². The van der Waals surface area contributed by atoms with Gasteiger partial charge < -0.3 is 20.4 Å². The van der Waals surface area contributed by atoms with Gasteiger partial charge in [-0.3, -0.25) is 9.59 Å². The molecule has 0 aromatic carbocycles. The fraction of sp³-hybridized carbons (Fsp3) is 0.714. The van der Waals surface area contributed by atoms with Gasteiger partial charge in [0.2, 0.25) is 10.3 Å². The molecule has 6 nitrogen and oxygen atoms in total. The second-order valence-electron chi connectivity index (χ2n) is 2.79. The van der Waals surface area contributed by atoms with Crippen molar-refractivity contribution in [3.8, 4) is 0 Å². The summed E-state index contributed by atoms with van der Waals surface area (Å²) < 4.78 is -1.17. The van der Waals surface area contributed by atoms with E-state index >= 15 is 0 Å². The highest BCUT2D eigenvalue weighted by atomic mass is 79.9. The number of Topliss-reactive ketones (excluding diaryl/α,β-unsaturated/α-hetero) is 1. The van der Waals surface area contributed by atoms with Crippen molar-refractivity contribution in [3.05, 3.63) is 0 Å². The van der Waals surface area contributed by atoms with Gasteiger partial charge in [-0.15, -0.1) is 0 Å². The van der Waals surface area contributed by atoms with Crippen molar-refractivity contribution in [1.29, 1.82) is 0 Å². The maximum Gasteiger partial charge on any atom is 0.239 e. The van der Waals surface area contributed by atoms with E-state index in [4.69, 9.17) is 10.2 Å². The second-order valence-corrected chi connectivity index (χ2v) is 3.51. The molecule has 14 heavy (non-hydrogen) atoms. The van der Waals surface area contributed by atoms with Crippen molar-refractivity contribution in [2.75, 3.05) is 6.61 Å². The minimum absolute atomic E-state index is 0.878. The molecule has 0 rings (SSSR count). The summed E-state index contributed by atoms with van der Waals surface area (Å²) in [6, 6.07) is 0. The SMILES string of the molecule is CC(=O)[C@](O)(C(=O)Br)[C@@H](O)[C@H](O)CO. The van der Waals surface area contributed by atoms with Crippen molar-refractivity contribution in [2.24, 2.45) is 0 Å². The highest BCUT2D eigenvalue weighted by molar-refractivity contribution is 9.18. The molecule has 0 bridgehead atoms. The van der Waals surface area contributed by atoms with Crippen molar-refractivity contribution >= 4 is 26.4 Å². The van der Waals surface area contributed by atoms with E-state index < -0.39 is 34.9 Å². The lowest BCUT2D eigenvalue weighted by atomic mass is 9.90. The highest BCUT2D eigenvalue weighted by Crippen LogP contribution is 2.20. The van der Waals surface area contributed by atoms with Crippen molar-refractivity contribution in [3.63, 3.8) is 0 Å². The molecule has 0 heterocycles. The van der Waals surface area contributed by atoms with Gasteiger partial charge in [0.15, 0.2) is 5.78 Å². The summed E-state index contributed by atoms with van der Waals surface area (Å²) >= 11 is 2.33. The molecule has 0 saturated heterocycles. The van der Waals surface area contributed by atoms with Crippen LogP contribution in [-0.2, 0) is 9.59 Å². The third-order valence-electron chi connectivity index (χ3n) is 1.82. The summed E-state index contributed by atoms with van der Waals surface area (Å²) in [7, 11) is 0. The highest BCUT2D eigenvalue weighted by Gasteiger charge is 2.49. The summed E-state index contributed by atoms with van der Waals surface area (Å²) in [5, 5.41) is 36.2. The third-order valence-corrected chi connectivity index (χ3v) is 2.42. The zero-order valence-electron chi connectivity index (χ0n) is 7.35. The minimum atomic E-state index is -2.73. The van der Waals surface area contributed by atoms with E-state index in [-0.39, 0.29) is 0 Å². The zero-order chi connectivity index (χ0) is 11.5. The molecule has 0 spiro atoms. The topological polar surface area (TPSA) is 115 Å². The molecule has 0 aliphatic heterocycles. The van der Waals surface area contributed by atoms with Crippen LogP contribution in [0.3, 0.4) is 0 Å². The molecule has 3 atom stereocenters.